The summed E-state index contributed by atoms with van der Waals surface area (Å²) in [6, 6.07) is 0. The third kappa shape index (κ3) is 5.00. The van der Waals surface area contributed by atoms with Crippen LogP contribution in [0, 0.1) is 29.6 Å². The maximum absolute atomic E-state index is 2.58. The van der Waals surface area contributed by atoms with E-state index in [-0.39, 0.29) is 0 Å². The van der Waals surface area contributed by atoms with Crippen molar-refractivity contribution in [2.24, 2.45) is 29.6 Å². The lowest BCUT2D eigenvalue weighted by Gasteiger charge is -2.50. The molecule has 4 unspecified atom stereocenters. The maximum Gasteiger partial charge on any atom is -0.0329 e. The minimum Gasteiger partial charge on any atom is -0.0654 e. The molecule has 0 aliphatic heterocycles. The highest BCUT2D eigenvalue weighted by Gasteiger charge is 2.43. The second kappa shape index (κ2) is 9.99. The molecule has 2 aliphatic carbocycles. The summed E-state index contributed by atoms with van der Waals surface area (Å²) in [4.78, 5) is 0. The predicted molar refractivity (Wildman–Crippen MR) is 99.1 cm³/mol. The van der Waals surface area contributed by atoms with Crippen LogP contribution < -0.4 is 0 Å². The number of hydrogen-bond donors (Lipinski definition) is 0. The molecule has 0 aromatic carbocycles. The van der Waals surface area contributed by atoms with Gasteiger partial charge in [0.15, 0.2) is 0 Å². The van der Waals surface area contributed by atoms with Crippen LogP contribution in [-0.2, 0) is 0 Å². The second-order valence-corrected chi connectivity index (χ2v) is 8.59. The van der Waals surface area contributed by atoms with Crippen LogP contribution >= 0.6 is 0 Å². The lowest BCUT2D eigenvalue weighted by Crippen LogP contribution is -2.41. The van der Waals surface area contributed by atoms with E-state index in [2.05, 4.69) is 20.8 Å². The summed E-state index contributed by atoms with van der Waals surface area (Å²) >= 11 is 0. The SMILES string of the molecule is CCCCCCCCC1CCC1C(C(C)CCC)C1CCC1. The molecule has 0 saturated heterocycles. The first-order valence-corrected chi connectivity index (χ1v) is 10.8. The molecule has 2 saturated carbocycles. The Balaban J connectivity index is 1.71. The highest BCUT2D eigenvalue weighted by molar-refractivity contribution is 4.93. The van der Waals surface area contributed by atoms with Gasteiger partial charge in [0.05, 0.1) is 0 Å². The summed E-state index contributed by atoms with van der Waals surface area (Å²) in [5.74, 6) is 5.41. The van der Waals surface area contributed by atoms with Crippen molar-refractivity contribution in [3.8, 4) is 0 Å². The topological polar surface area (TPSA) is 0 Å². The van der Waals surface area contributed by atoms with Crippen molar-refractivity contribution in [3.05, 3.63) is 0 Å². The van der Waals surface area contributed by atoms with Gasteiger partial charge in [0.2, 0.25) is 0 Å². The van der Waals surface area contributed by atoms with Crippen LogP contribution in [0.1, 0.15) is 111 Å². The molecule has 0 heteroatoms. The minimum absolute atomic E-state index is 0.993. The van der Waals surface area contributed by atoms with Crippen molar-refractivity contribution in [1.82, 2.24) is 0 Å². The van der Waals surface area contributed by atoms with Gasteiger partial charge >= 0.3 is 0 Å². The number of unbranched alkanes of at least 4 members (excludes halogenated alkanes) is 5. The van der Waals surface area contributed by atoms with Crippen LogP contribution in [0.3, 0.4) is 0 Å². The Bertz CT molecular complexity index is 278. The van der Waals surface area contributed by atoms with Crippen molar-refractivity contribution in [2.75, 3.05) is 0 Å². The van der Waals surface area contributed by atoms with E-state index in [0.717, 1.165) is 29.6 Å². The van der Waals surface area contributed by atoms with Crippen LogP contribution in [0.5, 0.6) is 0 Å². The fraction of sp³-hybridized carbons (Fsp3) is 1.00. The lowest BCUT2D eigenvalue weighted by atomic mass is 9.55. The van der Waals surface area contributed by atoms with Gasteiger partial charge in [0, 0.05) is 0 Å². The zero-order valence-corrected chi connectivity index (χ0v) is 15.8. The number of rotatable bonds is 12. The van der Waals surface area contributed by atoms with Crippen LogP contribution in [0.4, 0.5) is 0 Å². The van der Waals surface area contributed by atoms with Crippen molar-refractivity contribution >= 4 is 0 Å². The van der Waals surface area contributed by atoms with Crippen molar-refractivity contribution in [1.29, 1.82) is 0 Å². The summed E-state index contributed by atoms with van der Waals surface area (Å²) in [6.07, 6.45) is 21.0. The molecule has 2 rings (SSSR count). The van der Waals surface area contributed by atoms with E-state index in [0.29, 0.717) is 0 Å². The fourth-order valence-electron chi connectivity index (χ4n) is 5.36. The normalized spacial score (nSPS) is 28.0. The Labute approximate surface area is 140 Å². The summed E-state index contributed by atoms with van der Waals surface area (Å²) in [5.41, 5.74) is 0. The van der Waals surface area contributed by atoms with E-state index >= 15 is 0 Å². The van der Waals surface area contributed by atoms with Crippen molar-refractivity contribution < 1.29 is 0 Å². The number of hydrogen-bond acceptors (Lipinski definition) is 0. The van der Waals surface area contributed by atoms with Gasteiger partial charge in [-0.15, -0.1) is 0 Å². The smallest absolute Gasteiger partial charge is 0.0329 e. The van der Waals surface area contributed by atoms with Crippen LogP contribution in [0.25, 0.3) is 0 Å². The van der Waals surface area contributed by atoms with E-state index in [1.54, 1.807) is 32.1 Å². The molecule has 22 heavy (non-hydrogen) atoms. The van der Waals surface area contributed by atoms with Crippen LogP contribution in [0.15, 0.2) is 0 Å². The fourth-order valence-corrected chi connectivity index (χ4v) is 5.36. The van der Waals surface area contributed by atoms with E-state index in [9.17, 15) is 0 Å². The largest absolute Gasteiger partial charge is 0.0654 e. The Kier molecular flexibility index (Phi) is 8.33. The Morgan fingerprint density at radius 1 is 0.818 bits per heavy atom. The quantitative estimate of drug-likeness (QED) is 0.325. The van der Waals surface area contributed by atoms with Crippen LogP contribution in [-0.4, -0.2) is 0 Å². The Morgan fingerprint density at radius 3 is 2.09 bits per heavy atom. The third-order valence-corrected chi connectivity index (χ3v) is 6.99. The van der Waals surface area contributed by atoms with Crippen molar-refractivity contribution in [3.63, 3.8) is 0 Å². The molecule has 0 aromatic rings. The van der Waals surface area contributed by atoms with Gasteiger partial charge in [-0.3, -0.25) is 0 Å². The first kappa shape index (κ1) is 18.3. The highest BCUT2D eigenvalue weighted by Crippen LogP contribution is 2.52. The second-order valence-electron chi connectivity index (χ2n) is 8.59. The molecule has 0 heterocycles. The molecule has 0 amide bonds. The molecule has 0 aromatic heterocycles. The maximum atomic E-state index is 2.58. The molecular weight excluding hydrogens is 264 g/mol. The highest BCUT2D eigenvalue weighted by atomic mass is 14.5. The predicted octanol–water partition coefficient (Wildman–Crippen LogP) is 7.62. The van der Waals surface area contributed by atoms with Crippen molar-refractivity contribution in [2.45, 2.75) is 111 Å². The van der Waals surface area contributed by atoms with Gasteiger partial charge < -0.3 is 0 Å². The molecule has 2 fully saturated rings. The monoisotopic (exact) mass is 306 g/mol. The molecule has 2 aliphatic rings. The van der Waals surface area contributed by atoms with Gasteiger partial charge in [0.1, 0.15) is 0 Å². The average molecular weight is 307 g/mol. The molecule has 4 atom stereocenters. The molecule has 0 nitrogen and oxygen atoms in total. The standard InChI is InChI=1S/C22H42/c1-4-6-7-8-9-10-13-19-16-17-21(19)22(18(3)12-5-2)20-14-11-15-20/h18-22H,4-17H2,1-3H3. The van der Waals surface area contributed by atoms with E-state index in [1.807, 2.05) is 0 Å². The molecule has 130 valence electrons. The Hall–Kier alpha value is 0. The first-order chi connectivity index (χ1) is 10.8. The summed E-state index contributed by atoms with van der Waals surface area (Å²) in [7, 11) is 0. The van der Waals surface area contributed by atoms with Gasteiger partial charge in [-0.25, -0.2) is 0 Å². The summed E-state index contributed by atoms with van der Waals surface area (Å²) in [6.45, 7) is 7.27. The summed E-state index contributed by atoms with van der Waals surface area (Å²) in [5, 5.41) is 0. The van der Waals surface area contributed by atoms with Gasteiger partial charge in [-0.1, -0.05) is 97.8 Å². The van der Waals surface area contributed by atoms with Gasteiger partial charge in [0.25, 0.3) is 0 Å². The summed E-state index contributed by atoms with van der Waals surface area (Å²) < 4.78 is 0. The zero-order chi connectivity index (χ0) is 15.8. The molecular formula is C22H42. The third-order valence-electron chi connectivity index (χ3n) is 6.99. The molecule has 0 N–H and O–H groups in total. The van der Waals surface area contributed by atoms with E-state index in [1.165, 1.54) is 57.8 Å². The first-order valence-electron chi connectivity index (χ1n) is 10.8. The van der Waals surface area contributed by atoms with Gasteiger partial charge in [-0.05, 0) is 42.4 Å². The molecule has 0 bridgehead atoms. The minimum atomic E-state index is 0.993. The van der Waals surface area contributed by atoms with E-state index in [4.69, 9.17) is 0 Å². The van der Waals surface area contributed by atoms with E-state index < -0.39 is 0 Å². The Morgan fingerprint density at radius 2 is 1.55 bits per heavy atom. The molecule has 0 radical (unpaired) electrons. The average Bonchev–Trinajstić information content (AvgIpc) is 2.42. The lowest BCUT2D eigenvalue weighted by molar-refractivity contribution is -0.00287. The zero-order valence-electron chi connectivity index (χ0n) is 15.8. The van der Waals surface area contributed by atoms with Crippen LogP contribution in [0.2, 0.25) is 0 Å². The molecule has 0 spiro atoms. The van der Waals surface area contributed by atoms with Gasteiger partial charge in [-0.2, -0.15) is 0 Å².